The monoisotopic (exact) mass is 260 g/mol. The van der Waals surface area contributed by atoms with Gasteiger partial charge in [-0.05, 0) is 30.2 Å². The van der Waals surface area contributed by atoms with Gasteiger partial charge in [0.2, 0.25) is 0 Å². The molecule has 1 aromatic carbocycles. The van der Waals surface area contributed by atoms with Crippen LogP contribution < -0.4 is 5.32 Å². The standard InChI is InChI=1S/C14H13FN2O2/c1-2-9-3-4-12(11(15)7-9)17-13-8-16-6-5-10(13)14(18)19/h3-8,17H,2H2,1H3,(H,18,19). The van der Waals surface area contributed by atoms with Gasteiger partial charge in [0.1, 0.15) is 5.82 Å². The smallest absolute Gasteiger partial charge is 0.337 e. The van der Waals surface area contributed by atoms with Gasteiger partial charge in [0, 0.05) is 6.20 Å². The van der Waals surface area contributed by atoms with Crippen molar-refractivity contribution in [3.63, 3.8) is 0 Å². The number of carbonyl (C=O) groups is 1. The lowest BCUT2D eigenvalue weighted by Crippen LogP contribution is -2.04. The van der Waals surface area contributed by atoms with Gasteiger partial charge in [-0.1, -0.05) is 13.0 Å². The van der Waals surface area contributed by atoms with Gasteiger partial charge in [0.15, 0.2) is 0 Å². The van der Waals surface area contributed by atoms with Crippen molar-refractivity contribution < 1.29 is 14.3 Å². The highest BCUT2D eigenvalue weighted by Crippen LogP contribution is 2.23. The molecule has 0 aliphatic carbocycles. The summed E-state index contributed by atoms with van der Waals surface area (Å²) in [6, 6.07) is 6.18. The molecule has 0 saturated heterocycles. The molecule has 0 amide bonds. The Balaban J connectivity index is 2.34. The third-order valence-electron chi connectivity index (χ3n) is 2.76. The third kappa shape index (κ3) is 2.88. The van der Waals surface area contributed by atoms with Gasteiger partial charge in [-0.3, -0.25) is 4.98 Å². The van der Waals surface area contributed by atoms with Crippen molar-refractivity contribution in [2.24, 2.45) is 0 Å². The van der Waals surface area contributed by atoms with Gasteiger partial charge >= 0.3 is 5.97 Å². The molecule has 1 heterocycles. The zero-order valence-electron chi connectivity index (χ0n) is 10.4. The number of hydrogen-bond donors (Lipinski definition) is 2. The van der Waals surface area contributed by atoms with Gasteiger partial charge in [0.25, 0.3) is 0 Å². The molecule has 5 heteroatoms. The van der Waals surface area contributed by atoms with Crippen LogP contribution in [0.1, 0.15) is 22.8 Å². The Bertz CT molecular complexity index is 614. The fraction of sp³-hybridized carbons (Fsp3) is 0.143. The van der Waals surface area contributed by atoms with Crippen molar-refractivity contribution in [2.45, 2.75) is 13.3 Å². The first kappa shape index (κ1) is 13.0. The van der Waals surface area contributed by atoms with Gasteiger partial charge in [-0.2, -0.15) is 0 Å². The molecule has 0 saturated carbocycles. The Kier molecular flexibility index (Phi) is 3.75. The highest BCUT2D eigenvalue weighted by molar-refractivity contribution is 5.94. The highest BCUT2D eigenvalue weighted by Gasteiger charge is 2.11. The fourth-order valence-electron chi connectivity index (χ4n) is 1.71. The summed E-state index contributed by atoms with van der Waals surface area (Å²) in [5.74, 6) is -1.50. The molecular weight excluding hydrogens is 247 g/mol. The number of rotatable bonds is 4. The van der Waals surface area contributed by atoms with E-state index in [1.165, 1.54) is 24.5 Å². The van der Waals surface area contributed by atoms with Gasteiger partial charge in [-0.15, -0.1) is 0 Å². The minimum absolute atomic E-state index is 0.0500. The SMILES string of the molecule is CCc1ccc(Nc2cnccc2C(=O)O)c(F)c1. The van der Waals surface area contributed by atoms with E-state index >= 15 is 0 Å². The molecule has 0 bridgehead atoms. The average molecular weight is 260 g/mol. The molecule has 2 rings (SSSR count). The van der Waals surface area contributed by atoms with Crippen LogP contribution in [0.25, 0.3) is 0 Å². The third-order valence-corrected chi connectivity index (χ3v) is 2.76. The summed E-state index contributed by atoms with van der Waals surface area (Å²) < 4.78 is 13.8. The van der Waals surface area contributed by atoms with E-state index in [1.807, 2.05) is 6.92 Å². The second kappa shape index (κ2) is 5.48. The molecule has 1 aromatic heterocycles. The molecule has 4 nitrogen and oxygen atoms in total. The van der Waals surface area contributed by atoms with Crippen molar-refractivity contribution in [1.82, 2.24) is 4.98 Å². The number of nitrogens with one attached hydrogen (secondary N) is 1. The van der Waals surface area contributed by atoms with Crippen LogP contribution in [0.2, 0.25) is 0 Å². The van der Waals surface area contributed by atoms with Crippen molar-refractivity contribution in [2.75, 3.05) is 5.32 Å². The van der Waals surface area contributed by atoms with E-state index in [-0.39, 0.29) is 16.9 Å². The van der Waals surface area contributed by atoms with E-state index in [0.29, 0.717) is 0 Å². The second-order valence-corrected chi connectivity index (χ2v) is 4.02. The molecule has 2 N–H and O–H groups in total. The van der Waals surface area contributed by atoms with E-state index in [2.05, 4.69) is 10.3 Å². The van der Waals surface area contributed by atoms with Gasteiger partial charge in [0.05, 0.1) is 23.1 Å². The molecule has 0 radical (unpaired) electrons. The minimum Gasteiger partial charge on any atom is -0.478 e. The molecular formula is C14H13FN2O2. The number of anilines is 2. The maximum absolute atomic E-state index is 13.8. The minimum atomic E-state index is -1.09. The zero-order valence-corrected chi connectivity index (χ0v) is 10.4. The van der Waals surface area contributed by atoms with Crippen LogP contribution in [0.3, 0.4) is 0 Å². The Morgan fingerprint density at radius 1 is 1.37 bits per heavy atom. The maximum atomic E-state index is 13.8. The predicted molar refractivity (Wildman–Crippen MR) is 70.3 cm³/mol. The Morgan fingerprint density at radius 3 is 2.79 bits per heavy atom. The summed E-state index contributed by atoms with van der Waals surface area (Å²) in [5.41, 5.74) is 1.42. The van der Waals surface area contributed by atoms with E-state index in [0.717, 1.165) is 12.0 Å². The van der Waals surface area contributed by atoms with E-state index < -0.39 is 11.8 Å². The summed E-state index contributed by atoms with van der Waals surface area (Å²) in [6.07, 6.45) is 3.48. The van der Waals surface area contributed by atoms with E-state index in [9.17, 15) is 9.18 Å². The number of hydrogen-bond acceptors (Lipinski definition) is 3. The first-order chi connectivity index (χ1) is 9.11. The summed E-state index contributed by atoms with van der Waals surface area (Å²) in [6.45, 7) is 1.94. The van der Waals surface area contributed by atoms with Crippen LogP contribution in [0, 0.1) is 5.82 Å². The number of carboxylic acid groups (broad SMARTS) is 1. The molecule has 0 aliphatic rings. The summed E-state index contributed by atoms with van der Waals surface area (Å²) in [5, 5.41) is 11.8. The predicted octanol–water partition coefficient (Wildman–Crippen LogP) is 3.22. The van der Waals surface area contributed by atoms with Crippen LogP contribution >= 0.6 is 0 Å². The molecule has 19 heavy (non-hydrogen) atoms. The van der Waals surface area contributed by atoms with E-state index in [4.69, 9.17) is 5.11 Å². The summed E-state index contributed by atoms with van der Waals surface area (Å²) in [7, 11) is 0. The number of benzene rings is 1. The Labute approximate surface area is 109 Å². The lowest BCUT2D eigenvalue weighted by Gasteiger charge is -2.10. The number of aromatic carboxylic acids is 1. The number of halogens is 1. The summed E-state index contributed by atoms with van der Waals surface area (Å²) in [4.78, 5) is 14.9. The molecule has 2 aromatic rings. The number of aryl methyl sites for hydroxylation is 1. The molecule has 0 unspecified atom stereocenters. The van der Waals surface area contributed by atoms with Crippen molar-refractivity contribution in [3.8, 4) is 0 Å². The number of aromatic nitrogens is 1. The number of pyridine rings is 1. The van der Waals surface area contributed by atoms with Crippen LogP contribution in [0.15, 0.2) is 36.7 Å². The number of carboxylic acids is 1. The first-order valence-corrected chi connectivity index (χ1v) is 5.84. The molecule has 0 fully saturated rings. The lowest BCUT2D eigenvalue weighted by atomic mass is 10.1. The maximum Gasteiger partial charge on any atom is 0.337 e. The van der Waals surface area contributed by atoms with Crippen LogP contribution in [0.4, 0.5) is 15.8 Å². The molecule has 0 atom stereocenters. The van der Waals surface area contributed by atoms with Crippen LogP contribution in [0.5, 0.6) is 0 Å². The Morgan fingerprint density at radius 2 is 2.16 bits per heavy atom. The second-order valence-electron chi connectivity index (χ2n) is 4.02. The van der Waals surface area contributed by atoms with Crippen molar-refractivity contribution in [3.05, 3.63) is 53.6 Å². The van der Waals surface area contributed by atoms with Gasteiger partial charge in [-0.25, -0.2) is 9.18 Å². The quantitative estimate of drug-likeness (QED) is 0.886. The Hall–Kier alpha value is -2.43. The lowest BCUT2D eigenvalue weighted by molar-refractivity contribution is 0.0698. The largest absolute Gasteiger partial charge is 0.478 e. The fourth-order valence-corrected chi connectivity index (χ4v) is 1.71. The topological polar surface area (TPSA) is 62.2 Å². The highest BCUT2D eigenvalue weighted by atomic mass is 19.1. The van der Waals surface area contributed by atoms with Gasteiger partial charge < -0.3 is 10.4 Å². The first-order valence-electron chi connectivity index (χ1n) is 5.84. The number of nitrogens with zero attached hydrogens (tertiary/aromatic N) is 1. The molecule has 98 valence electrons. The average Bonchev–Trinajstić information content (AvgIpc) is 2.41. The molecule has 0 spiro atoms. The van der Waals surface area contributed by atoms with E-state index in [1.54, 1.807) is 12.1 Å². The molecule has 0 aliphatic heterocycles. The summed E-state index contributed by atoms with van der Waals surface area (Å²) >= 11 is 0. The normalized spacial score (nSPS) is 10.2. The van der Waals surface area contributed by atoms with Crippen LogP contribution in [-0.2, 0) is 6.42 Å². The van der Waals surface area contributed by atoms with Crippen LogP contribution in [-0.4, -0.2) is 16.1 Å². The van der Waals surface area contributed by atoms with Crippen molar-refractivity contribution in [1.29, 1.82) is 0 Å². The van der Waals surface area contributed by atoms with Crippen molar-refractivity contribution >= 4 is 17.3 Å². The zero-order chi connectivity index (χ0) is 13.8.